The zero-order valence-electron chi connectivity index (χ0n) is 18.2. The Hall–Kier alpha value is -2.61. The molecule has 5 rings (SSSR count). The Balaban J connectivity index is 1.43. The standard InChI is InChI=1S/C26H23BrN2O3S/c1-17-9-11-21(22(27)14-17)23-12-10-19(32-23)15-24-25(30)29(16-20-8-5-13-31-20)26(33-24)28-18-6-3-2-4-7-18/h2-4,6-7,9-12,14-15,20H,5,8,13,16H2,1H3/b24-15-,28-26?/t20-/m0/s1. The number of benzene rings is 2. The number of hydrogen-bond acceptors (Lipinski definition) is 5. The molecule has 1 amide bonds. The number of rotatable bonds is 5. The summed E-state index contributed by atoms with van der Waals surface area (Å²) in [6.07, 6.45) is 3.83. The van der Waals surface area contributed by atoms with E-state index >= 15 is 0 Å². The minimum atomic E-state index is -0.0698. The highest BCUT2D eigenvalue weighted by Gasteiger charge is 2.36. The Morgan fingerprint density at radius 1 is 1.18 bits per heavy atom. The van der Waals surface area contributed by atoms with Crippen molar-refractivity contribution in [3.63, 3.8) is 0 Å². The maximum Gasteiger partial charge on any atom is 0.266 e. The Kier molecular flexibility index (Phi) is 6.53. The molecule has 0 aliphatic carbocycles. The molecular weight excluding hydrogens is 500 g/mol. The van der Waals surface area contributed by atoms with Crippen molar-refractivity contribution in [2.45, 2.75) is 25.9 Å². The maximum atomic E-state index is 13.3. The van der Waals surface area contributed by atoms with Gasteiger partial charge in [0.25, 0.3) is 5.91 Å². The number of halogens is 1. The van der Waals surface area contributed by atoms with E-state index in [0.29, 0.717) is 22.4 Å². The topological polar surface area (TPSA) is 55.0 Å². The molecule has 7 heteroatoms. The lowest BCUT2D eigenvalue weighted by Crippen LogP contribution is -2.36. The van der Waals surface area contributed by atoms with Crippen molar-refractivity contribution >= 4 is 50.5 Å². The van der Waals surface area contributed by atoms with Gasteiger partial charge in [-0.1, -0.05) is 40.2 Å². The van der Waals surface area contributed by atoms with E-state index in [4.69, 9.17) is 14.1 Å². The van der Waals surface area contributed by atoms with Gasteiger partial charge in [0.2, 0.25) is 0 Å². The van der Waals surface area contributed by atoms with Crippen molar-refractivity contribution in [1.82, 2.24) is 4.90 Å². The van der Waals surface area contributed by atoms with Gasteiger partial charge in [0.1, 0.15) is 11.5 Å². The van der Waals surface area contributed by atoms with Gasteiger partial charge in [0, 0.05) is 22.7 Å². The van der Waals surface area contributed by atoms with Gasteiger partial charge in [0.15, 0.2) is 5.17 Å². The summed E-state index contributed by atoms with van der Waals surface area (Å²) in [5.41, 5.74) is 2.96. The normalized spacial score (nSPS) is 21.0. The summed E-state index contributed by atoms with van der Waals surface area (Å²) in [4.78, 5) is 20.4. The number of aryl methyl sites for hydroxylation is 1. The lowest BCUT2D eigenvalue weighted by Gasteiger charge is -2.19. The first-order valence-electron chi connectivity index (χ1n) is 10.9. The van der Waals surface area contributed by atoms with E-state index in [1.807, 2.05) is 61.5 Å². The molecule has 3 heterocycles. The summed E-state index contributed by atoms with van der Waals surface area (Å²) < 4.78 is 12.8. The highest BCUT2D eigenvalue weighted by atomic mass is 79.9. The number of para-hydroxylation sites is 1. The number of carbonyl (C=O) groups excluding carboxylic acids is 1. The van der Waals surface area contributed by atoms with Crippen LogP contribution in [0.1, 0.15) is 24.2 Å². The first kappa shape index (κ1) is 22.2. The molecule has 2 aromatic carbocycles. The summed E-state index contributed by atoms with van der Waals surface area (Å²) in [6, 6.07) is 19.6. The zero-order chi connectivity index (χ0) is 22.8. The number of aliphatic imine (C=N–C) groups is 1. The van der Waals surface area contributed by atoms with Crippen LogP contribution in [0.2, 0.25) is 0 Å². The van der Waals surface area contributed by atoms with Gasteiger partial charge in [-0.05, 0) is 73.5 Å². The number of amidine groups is 1. The summed E-state index contributed by atoms with van der Waals surface area (Å²) in [6.45, 7) is 3.30. The summed E-state index contributed by atoms with van der Waals surface area (Å²) >= 11 is 4.98. The minimum absolute atomic E-state index is 0.0453. The number of amides is 1. The van der Waals surface area contributed by atoms with Crippen LogP contribution in [-0.4, -0.2) is 35.2 Å². The molecule has 2 aliphatic heterocycles. The Labute approximate surface area is 205 Å². The van der Waals surface area contributed by atoms with Crippen molar-refractivity contribution in [1.29, 1.82) is 0 Å². The molecule has 3 aromatic rings. The van der Waals surface area contributed by atoms with Crippen LogP contribution in [0.25, 0.3) is 17.4 Å². The van der Waals surface area contributed by atoms with Crippen LogP contribution in [0.4, 0.5) is 5.69 Å². The van der Waals surface area contributed by atoms with Crippen LogP contribution in [0.3, 0.4) is 0 Å². The second-order valence-corrected chi connectivity index (χ2v) is 9.94. The Morgan fingerprint density at radius 3 is 2.79 bits per heavy atom. The fourth-order valence-corrected chi connectivity index (χ4v) is 5.56. The monoisotopic (exact) mass is 522 g/mol. The average molecular weight is 523 g/mol. The van der Waals surface area contributed by atoms with E-state index in [9.17, 15) is 4.79 Å². The molecule has 5 nitrogen and oxygen atoms in total. The third-order valence-corrected chi connectivity index (χ3v) is 7.23. The van der Waals surface area contributed by atoms with Crippen LogP contribution >= 0.6 is 27.7 Å². The van der Waals surface area contributed by atoms with Crippen molar-refractivity contribution in [2.24, 2.45) is 4.99 Å². The number of nitrogens with zero attached hydrogens (tertiary/aromatic N) is 2. The largest absolute Gasteiger partial charge is 0.457 e. The number of furan rings is 1. The van der Waals surface area contributed by atoms with Crippen LogP contribution < -0.4 is 0 Å². The molecule has 2 aliphatic rings. The maximum absolute atomic E-state index is 13.3. The molecule has 2 saturated heterocycles. The molecular formula is C26H23BrN2O3S. The third kappa shape index (κ3) is 5.00. The molecule has 0 saturated carbocycles. The smallest absolute Gasteiger partial charge is 0.266 e. The molecule has 0 N–H and O–H groups in total. The van der Waals surface area contributed by atoms with Gasteiger partial charge in [-0.15, -0.1) is 0 Å². The summed E-state index contributed by atoms with van der Waals surface area (Å²) in [7, 11) is 0. The number of thioether (sulfide) groups is 1. The van der Waals surface area contributed by atoms with Crippen molar-refractivity contribution in [3.05, 3.63) is 81.4 Å². The van der Waals surface area contributed by atoms with Crippen molar-refractivity contribution in [3.8, 4) is 11.3 Å². The van der Waals surface area contributed by atoms with Crippen LogP contribution in [0.5, 0.6) is 0 Å². The second-order valence-electron chi connectivity index (χ2n) is 8.08. The number of carbonyl (C=O) groups is 1. The highest BCUT2D eigenvalue weighted by Crippen LogP contribution is 2.36. The third-order valence-electron chi connectivity index (χ3n) is 5.57. The average Bonchev–Trinajstić information content (AvgIpc) is 3.54. The number of hydrogen-bond donors (Lipinski definition) is 0. The molecule has 168 valence electrons. The first-order chi connectivity index (χ1) is 16.1. The molecule has 0 spiro atoms. The Bertz CT molecular complexity index is 1230. The van der Waals surface area contributed by atoms with Gasteiger partial charge in [0.05, 0.1) is 23.2 Å². The van der Waals surface area contributed by atoms with Crippen LogP contribution in [0.15, 0.2) is 79.5 Å². The van der Waals surface area contributed by atoms with Gasteiger partial charge < -0.3 is 9.15 Å². The van der Waals surface area contributed by atoms with Crippen LogP contribution in [-0.2, 0) is 9.53 Å². The lowest BCUT2D eigenvalue weighted by atomic mass is 10.1. The van der Waals surface area contributed by atoms with Crippen LogP contribution in [0, 0.1) is 6.92 Å². The van der Waals surface area contributed by atoms with Gasteiger partial charge in [-0.25, -0.2) is 4.99 Å². The summed E-state index contributed by atoms with van der Waals surface area (Å²) in [5, 5.41) is 0.668. The van der Waals surface area contributed by atoms with Gasteiger partial charge >= 0.3 is 0 Å². The van der Waals surface area contributed by atoms with E-state index in [-0.39, 0.29) is 12.0 Å². The quantitative estimate of drug-likeness (QED) is 0.345. The van der Waals surface area contributed by atoms with Crippen molar-refractivity contribution < 1.29 is 13.9 Å². The fourth-order valence-electron chi connectivity index (χ4n) is 3.88. The zero-order valence-corrected chi connectivity index (χ0v) is 20.6. The lowest BCUT2D eigenvalue weighted by molar-refractivity contribution is -0.123. The van der Waals surface area contributed by atoms with Gasteiger partial charge in [-0.3, -0.25) is 9.69 Å². The fraction of sp³-hybridized carbons (Fsp3) is 0.231. The SMILES string of the molecule is Cc1ccc(-c2ccc(/C=C3\SC(=Nc4ccccc4)N(C[C@@H]4CCCO4)C3=O)o2)c(Br)c1. The van der Waals surface area contributed by atoms with Gasteiger partial charge in [-0.2, -0.15) is 0 Å². The predicted molar refractivity (Wildman–Crippen MR) is 136 cm³/mol. The van der Waals surface area contributed by atoms with E-state index in [0.717, 1.165) is 40.9 Å². The van der Waals surface area contributed by atoms with E-state index in [2.05, 4.69) is 22.0 Å². The molecule has 0 unspecified atom stereocenters. The molecule has 0 radical (unpaired) electrons. The molecule has 1 aromatic heterocycles. The highest BCUT2D eigenvalue weighted by molar-refractivity contribution is 9.10. The van der Waals surface area contributed by atoms with E-state index in [1.165, 1.54) is 17.3 Å². The first-order valence-corrected chi connectivity index (χ1v) is 12.5. The Morgan fingerprint density at radius 2 is 2.03 bits per heavy atom. The second kappa shape index (κ2) is 9.71. The molecule has 2 fully saturated rings. The number of ether oxygens (including phenoxy) is 1. The molecule has 33 heavy (non-hydrogen) atoms. The van der Waals surface area contributed by atoms with E-state index < -0.39 is 0 Å². The minimum Gasteiger partial charge on any atom is -0.457 e. The summed E-state index contributed by atoms with van der Waals surface area (Å²) in [5.74, 6) is 1.31. The van der Waals surface area contributed by atoms with E-state index in [1.54, 1.807) is 11.0 Å². The molecule has 1 atom stereocenters. The predicted octanol–water partition coefficient (Wildman–Crippen LogP) is 6.80. The van der Waals surface area contributed by atoms with Crippen molar-refractivity contribution in [2.75, 3.05) is 13.2 Å². The molecule has 0 bridgehead atoms.